The van der Waals surface area contributed by atoms with Crippen molar-refractivity contribution >= 4 is 11.9 Å². The van der Waals surface area contributed by atoms with Crippen molar-refractivity contribution in [1.29, 1.82) is 0 Å². The van der Waals surface area contributed by atoms with Crippen molar-refractivity contribution in [2.45, 2.75) is 27.2 Å². The summed E-state index contributed by atoms with van der Waals surface area (Å²) >= 11 is 0. The average Bonchev–Trinajstić information content (AvgIpc) is 2.11. The molecular weight excluding hydrogens is 184 g/mol. The highest BCUT2D eigenvalue weighted by atomic mass is 16.5. The molecule has 2 unspecified atom stereocenters. The molecule has 14 heavy (non-hydrogen) atoms. The number of carboxylic acids is 1. The molecule has 0 aliphatic rings. The molecule has 1 N–H and O–H groups in total. The van der Waals surface area contributed by atoms with Gasteiger partial charge in [0.15, 0.2) is 0 Å². The van der Waals surface area contributed by atoms with Gasteiger partial charge in [0, 0.05) is 0 Å². The highest BCUT2D eigenvalue weighted by molar-refractivity contribution is 5.80. The van der Waals surface area contributed by atoms with E-state index in [9.17, 15) is 9.59 Å². The fourth-order valence-electron chi connectivity index (χ4n) is 1.34. The molecule has 2 atom stereocenters. The highest BCUT2D eigenvalue weighted by Crippen LogP contribution is 2.22. The second kappa shape index (κ2) is 5.62. The van der Waals surface area contributed by atoms with Crippen molar-refractivity contribution in [3.8, 4) is 0 Å². The summed E-state index contributed by atoms with van der Waals surface area (Å²) < 4.78 is 4.58. The third kappa shape index (κ3) is 3.77. The molecule has 0 bridgehead atoms. The first-order valence-corrected chi connectivity index (χ1v) is 4.70. The molecule has 0 aliphatic carbocycles. The Bertz CT molecular complexity index is 210. The normalized spacial score (nSPS) is 14.9. The molecule has 0 aromatic carbocycles. The van der Waals surface area contributed by atoms with Crippen LogP contribution >= 0.6 is 0 Å². The molecule has 0 aliphatic heterocycles. The van der Waals surface area contributed by atoms with Crippen molar-refractivity contribution in [2.75, 3.05) is 7.11 Å². The van der Waals surface area contributed by atoms with Crippen molar-refractivity contribution in [2.24, 2.45) is 17.8 Å². The summed E-state index contributed by atoms with van der Waals surface area (Å²) in [5.74, 6) is -2.35. The molecule has 0 aromatic heterocycles. The van der Waals surface area contributed by atoms with E-state index >= 15 is 0 Å². The molecule has 0 heterocycles. The summed E-state index contributed by atoms with van der Waals surface area (Å²) in [4.78, 5) is 22.0. The third-order valence-corrected chi connectivity index (χ3v) is 2.22. The van der Waals surface area contributed by atoms with Crippen LogP contribution in [0.5, 0.6) is 0 Å². The lowest BCUT2D eigenvalue weighted by Gasteiger charge is -2.19. The topological polar surface area (TPSA) is 63.6 Å². The maximum Gasteiger partial charge on any atom is 0.309 e. The lowest BCUT2D eigenvalue weighted by atomic mass is 9.86. The molecule has 0 radical (unpaired) electrons. The summed E-state index contributed by atoms with van der Waals surface area (Å²) in [6, 6.07) is 0. The van der Waals surface area contributed by atoms with Crippen molar-refractivity contribution in [1.82, 2.24) is 0 Å². The molecular formula is C10H18O4. The summed E-state index contributed by atoms with van der Waals surface area (Å²) in [7, 11) is 1.28. The van der Waals surface area contributed by atoms with E-state index in [0.29, 0.717) is 6.42 Å². The maximum absolute atomic E-state index is 11.3. The van der Waals surface area contributed by atoms with Crippen LogP contribution < -0.4 is 0 Å². The van der Waals surface area contributed by atoms with E-state index in [1.165, 1.54) is 14.0 Å². The number of carboxylic acid groups (broad SMARTS) is 1. The SMILES string of the molecule is COC(=O)C(CC(C)C)C(C)C(=O)O. The minimum absolute atomic E-state index is 0.279. The Morgan fingerprint density at radius 3 is 2.07 bits per heavy atom. The molecule has 0 amide bonds. The minimum atomic E-state index is -0.957. The molecule has 4 nitrogen and oxygen atoms in total. The van der Waals surface area contributed by atoms with Gasteiger partial charge in [0.1, 0.15) is 0 Å². The summed E-state index contributed by atoms with van der Waals surface area (Å²) in [5, 5.41) is 8.80. The smallest absolute Gasteiger partial charge is 0.309 e. The standard InChI is InChI=1S/C10H18O4/c1-6(2)5-8(10(13)14-4)7(3)9(11)12/h6-8H,5H2,1-4H3,(H,11,12). The quantitative estimate of drug-likeness (QED) is 0.687. The van der Waals surface area contributed by atoms with Gasteiger partial charge in [-0.1, -0.05) is 20.8 Å². The molecule has 4 heteroatoms. The minimum Gasteiger partial charge on any atom is -0.481 e. The largest absolute Gasteiger partial charge is 0.481 e. The molecule has 0 rings (SSSR count). The van der Waals surface area contributed by atoms with Gasteiger partial charge in [-0.15, -0.1) is 0 Å². The Labute approximate surface area is 84.3 Å². The van der Waals surface area contributed by atoms with E-state index in [4.69, 9.17) is 5.11 Å². The van der Waals surface area contributed by atoms with Crippen LogP contribution in [0.25, 0.3) is 0 Å². The highest BCUT2D eigenvalue weighted by Gasteiger charge is 2.31. The second-order valence-corrected chi connectivity index (χ2v) is 3.89. The van der Waals surface area contributed by atoms with Gasteiger partial charge >= 0.3 is 11.9 Å². The number of esters is 1. The Morgan fingerprint density at radius 1 is 1.29 bits per heavy atom. The zero-order chi connectivity index (χ0) is 11.3. The van der Waals surface area contributed by atoms with E-state index < -0.39 is 23.8 Å². The lowest BCUT2D eigenvalue weighted by Crippen LogP contribution is -2.29. The molecule has 0 saturated carbocycles. The fraction of sp³-hybridized carbons (Fsp3) is 0.800. The van der Waals surface area contributed by atoms with E-state index in [2.05, 4.69) is 4.74 Å². The van der Waals surface area contributed by atoms with E-state index in [1.807, 2.05) is 13.8 Å². The predicted octanol–water partition coefficient (Wildman–Crippen LogP) is 1.54. The van der Waals surface area contributed by atoms with Crippen molar-refractivity contribution < 1.29 is 19.4 Å². The van der Waals surface area contributed by atoms with Gasteiger partial charge in [0.05, 0.1) is 18.9 Å². The van der Waals surface area contributed by atoms with E-state index in [-0.39, 0.29) is 5.92 Å². The third-order valence-electron chi connectivity index (χ3n) is 2.22. The van der Waals surface area contributed by atoms with Crippen molar-refractivity contribution in [3.63, 3.8) is 0 Å². The van der Waals surface area contributed by atoms with Gasteiger partial charge < -0.3 is 9.84 Å². The lowest BCUT2D eigenvalue weighted by molar-refractivity contribution is -0.155. The Hall–Kier alpha value is -1.06. The number of rotatable bonds is 5. The average molecular weight is 202 g/mol. The van der Waals surface area contributed by atoms with Crippen molar-refractivity contribution in [3.05, 3.63) is 0 Å². The summed E-state index contributed by atoms with van der Waals surface area (Å²) in [6.45, 7) is 5.43. The second-order valence-electron chi connectivity index (χ2n) is 3.89. The Morgan fingerprint density at radius 2 is 1.79 bits per heavy atom. The van der Waals surface area contributed by atoms with Gasteiger partial charge in [0.25, 0.3) is 0 Å². The first-order chi connectivity index (χ1) is 6.40. The van der Waals surface area contributed by atoms with Gasteiger partial charge in [-0.2, -0.15) is 0 Å². The van der Waals surface area contributed by atoms with Crippen LogP contribution in [0.2, 0.25) is 0 Å². The summed E-state index contributed by atoms with van der Waals surface area (Å²) in [5.41, 5.74) is 0. The maximum atomic E-state index is 11.3. The number of aliphatic carboxylic acids is 1. The number of hydrogen-bond donors (Lipinski definition) is 1. The molecule has 82 valence electrons. The molecule has 0 saturated heterocycles. The predicted molar refractivity (Wildman–Crippen MR) is 51.8 cm³/mol. The van der Waals surface area contributed by atoms with E-state index in [0.717, 1.165) is 0 Å². The first-order valence-electron chi connectivity index (χ1n) is 4.70. The zero-order valence-electron chi connectivity index (χ0n) is 9.11. The Kier molecular flexibility index (Phi) is 5.20. The van der Waals surface area contributed by atoms with Crippen LogP contribution in [-0.4, -0.2) is 24.2 Å². The van der Waals surface area contributed by atoms with Gasteiger partial charge in [-0.05, 0) is 12.3 Å². The monoisotopic (exact) mass is 202 g/mol. The van der Waals surface area contributed by atoms with Crippen LogP contribution in [0, 0.1) is 17.8 Å². The van der Waals surface area contributed by atoms with Crippen LogP contribution in [0.15, 0.2) is 0 Å². The van der Waals surface area contributed by atoms with E-state index in [1.54, 1.807) is 0 Å². The number of carbonyl (C=O) groups is 2. The van der Waals surface area contributed by atoms with Gasteiger partial charge in [-0.3, -0.25) is 9.59 Å². The summed E-state index contributed by atoms with van der Waals surface area (Å²) in [6.07, 6.45) is 0.542. The van der Waals surface area contributed by atoms with Crippen LogP contribution in [-0.2, 0) is 14.3 Å². The number of methoxy groups -OCH3 is 1. The van der Waals surface area contributed by atoms with Gasteiger partial charge in [0.2, 0.25) is 0 Å². The molecule has 0 spiro atoms. The van der Waals surface area contributed by atoms with Crippen LogP contribution in [0.4, 0.5) is 0 Å². The molecule has 0 aromatic rings. The Balaban J connectivity index is 4.54. The number of carbonyl (C=O) groups excluding carboxylic acids is 1. The van der Waals surface area contributed by atoms with Crippen LogP contribution in [0.3, 0.4) is 0 Å². The number of ether oxygens (including phenoxy) is 1. The zero-order valence-corrected chi connectivity index (χ0v) is 9.11. The fourth-order valence-corrected chi connectivity index (χ4v) is 1.34. The van der Waals surface area contributed by atoms with Crippen LogP contribution in [0.1, 0.15) is 27.2 Å². The molecule has 0 fully saturated rings. The number of hydrogen-bond acceptors (Lipinski definition) is 3. The van der Waals surface area contributed by atoms with Gasteiger partial charge in [-0.25, -0.2) is 0 Å². The first kappa shape index (κ1) is 12.9.